The largest absolute Gasteiger partial charge is 0.756 e. The zero-order chi connectivity index (χ0) is 68.9. The lowest BCUT2D eigenvalue weighted by molar-refractivity contribution is -0.282. The third-order valence-corrected chi connectivity index (χ3v) is 18.3. The Morgan fingerprint density at radius 1 is 0.430 bits per heavy atom. The predicted molar refractivity (Wildman–Crippen MR) is 321 cm³/mol. The number of aliphatic hydroxyl groups excluding tert-OH is 9. The van der Waals surface area contributed by atoms with E-state index in [4.69, 9.17) is 74.5 Å². The van der Waals surface area contributed by atoms with Gasteiger partial charge in [-0.3, -0.25) is 18.5 Å². The molecule has 0 aromatic carbocycles. The van der Waals surface area contributed by atoms with Crippen molar-refractivity contribution in [1.29, 1.82) is 0 Å². The number of carbonyl (C=O) groups excluding carboxylic acids is 1. The molecular formula is C57H109NO32P3-3. The molecule has 3 aliphatic rings. The van der Waals surface area contributed by atoms with Crippen LogP contribution in [0.5, 0.6) is 0 Å². The quantitative estimate of drug-likeness (QED) is 0.0282. The molecular weight excluding hydrogens is 1300 g/mol. The van der Waals surface area contributed by atoms with Crippen LogP contribution < -0.4 is 20.0 Å². The number of phosphoric ester groups is 3. The molecule has 552 valence electrons. The summed E-state index contributed by atoms with van der Waals surface area (Å²) in [6.07, 6.45) is -6.61. The number of rotatable bonds is 55. The molecule has 9 unspecified atom stereocenters. The summed E-state index contributed by atoms with van der Waals surface area (Å²) in [5.41, 5.74) is -0.996. The van der Waals surface area contributed by atoms with Crippen molar-refractivity contribution in [2.75, 3.05) is 126 Å². The molecule has 0 aliphatic carbocycles. The number of hydrogen-bond acceptors (Lipinski definition) is 32. The Labute approximate surface area is 546 Å². The third kappa shape index (κ3) is 34.8. The van der Waals surface area contributed by atoms with E-state index < -0.39 is 146 Å². The summed E-state index contributed by atoms with van der Waals surface area (Å²) in [5.74, 6) is -1.52. The summed E-state index contributed by atoms with van der Waals surface area (Å²) in [7, 11) is -14.0. The predicted octanol–water partition coefficient (Wildman–Crippen LogP) is -0.0524. The number of unbranched alkanes of at least 4 members (excludes halogenated alkanes) is 9. The van der Waals surface area contributed by atoms with Crippen LogP contribution in [0.15, 0.2) is 0 Å². The molecule has 3 fully saturated rings. The Morgan fingerprint density at radius 2 is 0.720 bits per heavy atom. The van der Waals surface area contributed by atoms with Crippen LogP contribution in [0.3, 0.4) is 0 Å². The van der Waals surface area contributed by atoms with E-state index in [1.807, 2.05) is 13.8 Å². The van der Waals surface area contributed by atoms with E-state index in [1.54, 1.807) is 13.8 Å². The van der Waals surface area contributed by atoms with E-state index in [9.17, 15) is 79.1 Å². The monoisotopic (exact) mass is 1410 g/mol. The van der Waals surface area contributed by atoms with Gasteiger partial charge in [0.2, 0.25) is 5.91 Å². The van der Waals surface area contributed by atoms with Gasteiger partial charge < -0.3 is 140 Å². The first-order chi connectivity index (χ1) is 44.2. The molecule has 3 saturated heterocycles. The molecule has 3 rings (SSSR count). The molecule has 0 aromatic rings. The normalized spacial score (nSPS) is 29.6. The molecule has 0 spiro atoms. The Hall–Kier alpha value is -0.960. The smallest absolute Gasteiger partial charge is 0.267 e. The van der Waals surface area contributed by atoms with Gasteiger partial charge in [0.25, 0.3) is 23.5 Å². The van der Waals surface area contributed by atoms with E-state index in [0.717, 1.165) is 0 Å². The maximum atomic E-state index is 12.6. The maximum Gasteiger partial charge on any atom is 0.267 e. The van der Waals surface area contributed by atoms with Crippen molar-refractivity contribution in [3.63, 3.8) is 0 Å². The molecule has 93 heavy (non-hydrogen) atoms. The van der Waals surface area contributed by atoms with Gasteiger partial charge in [-0.15, -0.1) is 0 Å². The molecule has 10 N–H and O–H groups in total. The second kappa shape index (κ2) is 47.2. The van der Waals surface area contributed by atoms with Crippen molar-refractivity contribution in [3.05, 3.63) is 0 Å². The number of nitrogens with one attached hydrogen (secondary N) is 1. The van der Waals surface area contributed by atoms with Crippen molar-refractivity contribution in [3.8, 4) is 0 Å². The molecule has 33 nitrogen and oxygen atoms in total. The van der Waals surface area contributed by atoms with E-state index in [1.165, 1.54) is 6.92 Å². The number of ether oxygens (including phenoxy) is 10. The van der Waals surface area contributed by atoms with E-state index in [0.29, 0.717) is 77.0 Å². The van der Waals surface area contributed by atoms with Gasteiger partial charge in [0.1, 0.15) is 48.8 Å². The highest BCUT2D eigenvalue weighted by Gasteiger charge is 2.46. The van der Waals surface area contributed by atoms with Crippen molar-refractivity contribution >= 4 is 29.4 Å². The average Bonchev–Trinajstić information content (AvgIpc) is 0.905. The van der Waals surface area contributed by atoms with Gasteiger partial charge in [-0.05, 0) is 71.6 Å². The fraction of sp³-hybridized carbons (Fsp3) is 0.982. The van der Waals surface area contributed by atoms with Crippen molar-refractivity contribution in [1.82, 2.24) is 5.32 Å². The number of amides is 1. The van der Waals surface area contributed by atoms with Crippen LogP contribution in [0.25, 0.3) is 0 Å². The first-order valence-corrected chi connectivity index (χ1v) is 36.7. The molecule has 36 heteroatoms. The lowest BCUT2D eigenvalue weighted by Crippen LogP contribution is -2.64. The Morgan fingerprint density at radius 3 is 1.03 bits per heavy atom. The molecule has 3 aliphatic heterocycles. The zero-order valence-electron chi connectivity index (χ0n) is 54.5. The minimum absolute atomic E-state index is 0.0188. The van der Waals surface area contributed by atoms with Crippen LogP contribution in [0.1, 0.15) is 131 Å². The van der Waals surface area contributed by atoms with Gasteiger partial charge in [0.15, 0.2) is 18.9 Å². The second-order valence-electron chi connectivity index (χ2n) is 23.8. The molecule has 0 aromatic heterocycles. The van der Waals surface area contributed by atoms with Gasteiger partial charge in [-0.25, -0.2) is 0 Å². The van der Waals surface area contributed by atoms with Gasteiger partial charge in [-0.2, -0.15) is 0 Å². The lowest BCUT2D eigenvalue weighted by atomic mass is 9.92. The molecule has 1 amide bonds. The van der Waals surface area contributed by atoms with E-state index in [2.05, 4.69) is 5.32 Å². The van der Waals surface area contributed by atoms with Gasteiger partial charge >= 0.3 is 0 Å². The van der Waals surface area contributed by atoms with Gasteiger partial charge in [-0.1, -0.05) is 52.4 Å². The van der Waals surface area contributed by atoms with E-state index >= 15 is 0 Å². The molecule has 0 bridgehead atoms. The summed E-state index contributed by atoms with van der Waals surface area (Å²) >= 11 is 0. The van der Waals surface area contributed by atoms with Crippen LogP contribution in [0.2, 0.25) is 0 Å². The van der Waals surface area contributed by atoms with Crippen LogP contribution in [0, 0.1) is 17.3 Å². The molecule has 18 atom stereocenters. The summed E-state index contributed by atoms with van der Waals surface area (Å²) in [4.78, 5) is 49.3. The summed E-state index contributed by atoms with van der Waals surface area (Å²) < 4.78 is 126. The third-order valence-electron chi connectivity index (χ3n) is 15.3. The molecule has 0 saturated carbocycles. The van der Waals surface area contributed by atoms with Gasteiger partial charge in [0, 0.05) is 58.4 Å². The van der Waals surface area contributed by atoms with E-state index in [-0.39, 0.29) is 131 Å². The standard InChI is InChI=1S/C57H112NO32P3/c1-40(2)81-39-57(36-75-21-18-30-85-91(69,70)82-27-15-9-6-12-24-78-54-41(3)48(63)50(65)44(33-59)88-54,37-76-22-19-31-86-92(71,72)83-28-16-10-7-13-25-79-55-42(4)49(64)51(66)45(34-60)89-55)38-77-23-20-32-87-93(73,74)84-29-17-11-8-14-26-80-56-47(58-43(5)62)53(68)52(67)46(35-61)90-56/h40-42,44-56,59-61,63-68H,6-39H2,1-5H3,(H,58,62)(H,69,70)(H,71,72)(H,73,74)/p-3/t41-,42-,44?,45?,46?,47-,48?,49?,50-,51-,52-,53?,54+,55+,56+,57?/m0/s1. The number of carbonyl (C=O) groups is 1. The highest BCUT2D eigenvalue weighted by Crippen LogP contribution is 2.41. The first-order valence-electron chi connectivity index (χ1n) is 32.4. The Balaban J connectivity index is 1.41. The maximum absolute atomic E-state index is 12.6. The lowest BCUT2D eigenvalue weighted by Gasteiger charge is -2.42. The topological polar surface area (TPSA) is 479 Å². The second-order valence-corrected chi connectivity index (χ2v) is 28.1. The van der Waals surface area contributed by atoms with Crippen molar-refractivity contribution in [2.24, 2.45) is 17.3 Å². The minimum atomic E-state index is -4.69. The zero-order valence-corrected chi connectivity index (χ0v) is 57.2. The summed E-state index contributed by atoms with van der Waals surface area (Å²) in [6, 6.07) is -1.07. The average molecular weight is 1410 g/mol. The van der Waals surface area contributed by atoms with Gasteiger partial charge in [0.05, 0.1) is 110 Å². The van der Waals surface area contributed by atoms with Crippen LogP contribution in [0.4, 0.5) is 0 Å². The fourth-order valence-electron chi connectivity index (χ4n) is 9.82. The molecule has 3 heterocycles. The Bertz CT molecular complexity index is 2010. The van der Waals surface area contributed by atoms with Crippen molar-refractivity contribution in [2.45, 2.75) is 217 Å². The van der Waals surface area contributed by atoms with Crippen molar-refractivity contribution < 1.29 is 154 Å². The SMILES string of the molecule is CC(=O)N[C@H]1C(O)[C@@H](O)C(CO)O[C@H]1OCCCCCCOP(=O)([O-])OCCCOCC(COCCCOP(=O)([O-])OCCCCCCO[C@@H]1OC(CO)[C@H](O)C(O)[C@@H]1C)(COCCCOP(=O)([O-])OCCCCCCO[C@@H]1OC(CO)[C@H](O)C(O)[C@@H]1C)COC(C)C. The first kappa shape index (κ1) is 86.3. The Kier molecular flexibility index (Phi) is 43.8. The number of aliphatic hydroxyl groups is 9. The number of phosphoric acid groups is 3. The minimum Gasteiger partial charge on any atom is -0.756 e. The number of hydrogen-bond donors (Lipinski definition) is 10. The molecule has 0 radical (unpaired) electrons. The summed E-state index contributed by atoms with van der Waals surface area (Å²) in [6.45, 7) is 6.26. The summed E-state index contributed by atoms with van der Waals surface area (Å²) in [5, 5.41) is 92.0. The fourth-order valence-corrected chi connectivity index (χ4v) is 12.2. The van der Waals surface area contributed by atoms with Crippen LogP contribution >= 0.6 is 23.5 Å². The highest BCUT2D eigenvalue weighted by atomic mass is 31.2. The highest BCUT2D eigenvalue weighted by molar-refractivity contribution is 7.46. The van der Waals surface area contributed by atoms with Crippen LogP contribution in [-0.4, -0.2) is 263 Å². The van der Waals surface area contributed by atoms with Crippen LogP contribution in [-0.2, 0) is 93.0 Å².